The zero-order valence-corrected chi connectivity index (χ0v) is 13.6. The van der Waals surface area contributed by atoms with E-state index in [9.17, 15) is 4.79 Å². The number of rotatable bonds is 6. The second kappa shape index (κ2) is 7.68. The van der Waals surface area contributed by atoms with E-state index >= 15 is 0 Å². The summed E-state index contributed by atoms with van der Waals surface area (Å²) in [7, 11) is 0. The maximum atomic E-state index is 11.0. The molecular weight excluding hydrogens is 292 g/mol. The van der Waals surface area contributed by atoms with E-state index in [2.05, 4.69) is 17.4 Å². The van der Waals surface area contributed by atoms with Crippen molar-refractivity contribution < 1.29 is 14.6 Å². The number of carbonyl (C=O) groups is 1. The van der Waals surface area contributed by atoms with Gasteiger partial charge in [0.2, 0.25) is 0 Å². The molecule has 1 heterocycles. The molecule has 2 aliphatic rings. The monoisotopic (exact) mass is 318 g/mol. The predicted octanol–water partition coefficient (Wildman–Crippen LogP) is 2.43. The summed E-state index contributed by atoms with van der Waals surface area (Å²) in [6.45, 7) is 2.18. The van der Waals surface area contributed by atoms with Crippen LogP contribution in [0.3, 0.4) is 0 Å². The standard InChI is InChI=1S/C18H26N2O3/c21-18(22)13-20-10-11-23-17-7-6-14(12-16(17)20)8-9-19-15-4-2-1-3-5-15/h6-7,12,15,19H,1-5,8-11,13H2,(H,21,22). The van der Waals surface area contributed by atoms with E-state index in [1.54, 1.807) is 0 Å². The number of carboxylic acid groups (broad SMARTS) is 1. The number of fused-ring (bicyclic) bond motifs is 1. The average molecular weight is 318 g/mol. The van der Waals surface area contributed by atoms with Crippen molar-refractivity contribution in [2.75, 3.05) is 31.1 Å². The molecule has 0 atom stereocenters. The van der Waals surface area contributed by atoms with Crippen molar-refractivity contribution in [2.45, 2.75) is 44.6 Å². The Morgan fingerprint density at radius 2 is 2.13 bits per heavy atom. The molecule has 1 aromatic carbocycles. The van der Waals surface area contributed by atoms with Gasteiger partial charge in [0, 0.05) is 6.04 Å². The molecule has 23 heavy (non-hydrogen) atoms. The molecule has 2 N–H and O–H groups in total. The number of hydrogen-bond acceptors (Lipinski definition) is 4. The lowest BCUT2D eigenvalue weighted by Gasteiger charge is -2.30. The lowest BCUT2D eigenvalue weighted by molar-refractivity contribution is -0.135. The summed E-state index contributed by atoms with van der Waals surface area (Å²) in [6.07, 6.45) is 7.62. The highest BCUT2D eigenvalue weighted by molar-refractivity contribution is 5.75. The fourth-order valence-electron chi connectivity index (χ4n) is 3.53. The van der Waals surface area contributed by atoms with Crippen molar-refractivity contribution >= 4 is 11.7 Å². The molecule has 5 nitrogen and oxygen atoms in total. The Bertz CT molecular complexity index is 541. The van der Waals surface area contributed by atoms with E-state index in [-0.39, 0.29) is 6.54 Å². The highest BCUT2D eigenvalue weighted by Gasteiger charge is 2.20. The fourth-order valence-corrected chi connectivity index (χ4v) is 3.53. The Morgan fingerprint density at radius 3 is 2.91 bits per heavy atom. The Morgan fingerprint density at radius 1 is 1.30 bits per heavy atom. The Balaban J connectivity index is 1.59. The van der Waals surface area contributed by atoms with Crippen LogP contribution in [-0.2, 0) is 11.2 Å². The topological polar surface area (TPSA) is 61.8 Å². The molecule has 1 aliphatic carbocycles. The minimum atomic E-state index is -0.804. The van der Waals surface area contributed by atoms with Crippen LogP contribution >= 0.6 is 0 Å². The van der Waals surface area contributed by atoms with E-state index in [1.165, 1.54) is 37.7 Å². The molecule has 0 radical (unpaired) electrons. The third-order valence-electron chi connectivity index (χ3n) is 4.76. The first-order valence-electron chi connectivity index (χ1n) is 8.68. The van der Waals surface area contributed by atoms with Gasteiger partial charge in [0.05, 0.1) is 12.2 Å². The van der Waals surface area contributed by atoms with Crippen LogP contribution in [0.2, 0.25) is 0 Å². The summed E-state index contributed by atoms with van der Waals surface area (Å²) >= 11 is 0. The molecule has 0 spiro atoms. The van der Waals surface area contributed by atoms with Crippen LogP contribution in [0, 0.1) is 0 Å². The molecule has 3 rings (SSSR count). The van der Waals surface area contributed by atoms with Gasteiger partial charge in [0.25, 0.3) is 0 Å². The van der Waals surface area contributed by atoms with Crippen LogP contribution in [0.25, 0.3) is 0 Å². The summed E-state index contributed by atoms with van der Waals surface area (Å²) in [5.41, 5.74) is 2.14. The van der Waals surface area contributed by atoms with Crippen LogP contribution in [0.4, 0.5) is 5.69 Å². The molecular formula is C18H26N2O3. The highest BCUT2D eigenvalue weighted by atomic mass is 16.5. The Hall–Kier alpha value is -1.75. The number of ether oxygens (including phenoxy) is 1. The first-order valence-corrected chi connectivity index (χ1v) is 8.68. The fraction of sp³-hybridized carbons (Fsp3) is 0.611. The number of nitrogens with one attached hydrogen (secondary N) is 1. The van der Waals surface area contributed by atoms with Crippen LogP contribution in [0.1, 0.15) is 37.7 Å². The lowest BCUT2D eigenvalue weighted by Crippen LogP contribution is -2.36. The normalized spacial score (nSPS) is 18.3. The number of hydrogen-bond donors (Lipinski definition) is 2. The molecule has 1 aromatic rings. The summed E-state index contributed by atoms with van der Waals surface area (Å²) in [5.74, 6) is -0.0105. The van der Waals surface area contributed by atoms with Crippen molar-refractivity contribution in [2.24, 2.45) is 0 Å². The number of anilines is 1. The molecule has 126 valence electrons. The second-order valence-corrected chi connectivity index (χ2v) is 6.50. The van der Waals surface area contributed by atoms with Crippen molar-refractivity contribution in [3.8, 4) is 5.75 Å². The zero-order chi connectivity index (χ0) is 16.1. The first-order chi connectivity index (χ1) is 11.2. The van der Waals surface area contributed by atoms with Gasteiger partial charge in [-0.05, 0) is 43.5 Å². The van der Waals surface area contributed by atoms with Crippen molar-refractivity contribution in [1.82, 2.24) is 5.32 Å². The van der Waals surface area contributed by atoms with Gasteiger partial charge in [0.1, 0.15) is 18.9 Å². The van der Waals surface area contributed by atoms with E-state index in [0.717, 1.165) is 24.4 Å². The van der Waals surface area contributed by atoms with Crippen LogP contribution in [0.5, 0.6) is 5.75 Å². The molecule has 0 aromatic heterocycles. The molecule has 0 bridgehead atoms. The van der Waals surface area contributed by atoms with Crippen LogP contribution in [-0.4, -0.2) is 43.4 Å². The molecule has 5 heteroatoms. The quantitative estimate of drug-likeness (QED) is 0.843. The Labute approximate surface area is 137 Å². The summed E-state index contributed by atoms with van der Waals surface area (Å²) in [4.78, 5) is 12.9. The lowest BCUT2D eigenvalue weighted by atomic mass is 9.95. The van der Waals surface area contributed by atoms with E-state index in [4.69, 9.17) is 9.84 Å². The van der Waals surface area contributed by atoms with E-state index in [0.29, 0.717) is 19.2 Å². The van der Waals surface area contributed by atoms with Crippen molar-refractivity contribution in [3.63, 3.8) is 0 Å². The second-order valence-electron chi connectivity index (χ2n) is 6.50. The SMILES string of the molecule is O=C(O)CN1CCOc2ccc(CCNC3CCCCC3)cc21. The van der Waals surface area contributed by atoms with Gasteiger partial charge in [-0.15, -0.1) is 0 Å². The zero-order valence-electron chi connectivity index (χ0n) is 13.6. The minimum Gasteiger partial charge on any atom is -0.490 e. The number of nitrogens with zero attached hydrogens (tertiary/aromatic N) is 1. The van der Waals surface area contributed by atoms with Crippen molar-refractivity contribution in [1.29, 1.82) is 0 Å². The third-order valence-corrected chi connectivity index (χ3v) is 4.76. The first kappa shape index (κ1) is 16.1. The average Bonchev–Trinajstić information content (AvgIpc) is 2.56. The summed E-state index contributed by atoms with van der Waals surface area (Å²) < 4.78 is 5.64. The van der Waals surface area contributed by atoms with Gasteiger partial charge in [-0.2, -0.15) is 0 Å². The predicted molar refractivity (Wildman–Crippen MR) is 90.4 cm³/mol. The van der Waals surface area contributed by atoms with Gasteiger partial charge < -0.3 is 20.1 Å². The van der Waals surface area contributed by atoms with Gasteiger partial charge >= 0.3 is 5.97 Å². The molecule has 1 saturated carbocycles. The minimum absolute atomic E-state index is 0.0279. The molecule has 0 unspecified atom stereocenters. The number of aliphatic carboxylic acids is 1. The Kier molecular flexibility index (Phi) is 5.39. The maximum absolute atomic E-state index is 11.0. The van der Waals surface area contributed by atoms with E-state index < -0.39 is 5.97 Å². The van der Waals surface area contributed by atoms with Crippen LogP contribution in [0.15, 0.2) is 18.2 Å². The number of carboxylic acids is 1. The molecule has 1 aliphatic heterocycles. The van der Waals surface area contributed by atoms with Gasteiger partial charge in [0.15, 0.2) is 0 Å². The van der Waals surface area contributed by atoms with E-state index in [1.807, 2.05) is 11.0 Å². The largest absolute Gasteiger partial charge is 0.490 e. The smallest absolute Gasteiger partial charge is 0.323 e. The van der Waals surface area contributed by atoms with Gasteiger partial charge in [-0.25, -0.2) is 0 Å². The number of benzene rings is 1. The molecule has 0 amide bonds. The molecule has 0 saturated heterocycles. The van der Waals surface area contributed by atoms with Gasteiger partial charge in [-0.3, -0.25) is 4.79 Å². The van der Waals surface area contributed by atoms with Crippen molar-refractivity contribution in [3.05, 3.63) is 23.8 Å². The van der Waals surface area contributed by atoms with Gasteiger partial charge in [-0.1, -0.05) is 25.3 Å². The highest BCUT2D eigenvalue weighted by Crippen LogP contribution is 2.32. The molecule has 1 fully saturated rings. The van der Waals surface area contributed by atoms with Crippen LogP contribution < -0.4 is 15.0 Å². The summed E-state index contributed by atoms with van der Waals surface area (Å²) in [5, 5.41) is 12.7. The summed E-state index contributed by atoms with van der Waals surface area (Å²) in [6, 6.07) is 6.82. The third kappa shape index (κ3) is 4.38. The maximum Gasteiger partial charge on any atom is 0.323 e.